The lowest BCUT2D eigenvalue weighted by Crippen LogP contribution is -2.31. The highest BCUT2D eigenvalue weighted by Gasteiger charge is 2.28. The zero-order valence-electron chi connectivity index (χ0n) is 27.5. The number of aryl methyl sites for hydroxylation is 1. The molecule has 0 spiro atoms. The number of benzene rings is 1. The van der Waals surface area contributed by atoms with Crippen LogP contribution >= 0.6 is 0 Å². The lowest BCUT2D eigenvalue weighted by molar-refractivity contribution is -0.161. The topological polar surface area (TPSA) is 112 Å². The van der Waals surface area contributed by atoms with Crippen LogP contribution in [0.2, 0.25) is 0 Å². The Bertz CT molecular complexity index is 1290. The van der Waals surface area contributed by atoms with Gasteiger partial charge >= 0.3 is 12.1 Å². The summed E-state index contributed by atoms with van der Waals surface area (Å²) in [6.07, 6.45) is 5.58. The van der Waals surface area contributed by atoms with Crippen molar-refractivity contribution in [2.75, 3.05) is 6.79 Å². The molecule has 2 aromatic rings. The van der Waals surface area contributed by atoms with Gasteiger partial charge in [0.05, 0.1) is 12.0 Å². The van der Waals surface area contributed by atoms with Gasteiger partial charge in [-0.15, -0.1) is 4.99 Å². The summed E-state index contributed by atoms with van der Waals surface area (Å²) in [7, 11) is 0. The molecule has 1 heterocycles. The molecule has 0 unspecified atom stereocenters. The number of hydrogen-bond acceptors (Lipinski definition) is 6. The quantitative estimate of drug-likeness (QED) is 0.185. The maximum atomic E-state index is 13.7. The van der Waals surface area contributed by atoms with Crippen molar-refractivity contribution in [3.05, 3.63) is 46.8 Å². The van der Waals surface area contributed by atoms with Crippen molar-refractivity contribution < 1.29 is 29.0 Å². The average molecular weight is 586 g/mol. The number of phenols is 1. The van der Waals surface area contributed by atoms with Gasteiger partial charge in [-0.2, -0.15) is 0 Å². The van der Waals surface area contributed by atoms with Gasteiger partial charge < -0.3 is 23.7 Å². The third kappa shape index (κ3) is 9.33. The van der Waals surface area contributed by atoms with Crippen molar-refractivity contribution in [2.45, 2.75) is 119 Å². The van der Waals surface area contributed by atoms with Gasteiger partial charge in [0.1, 0.15) is 5.75 Å². The summed E-state index contributed by atoms with van der Waals surface area (Å²) in [4.78, 5) is 42.6. The SMILES string of the molecule is CCC(CC)CCn1ccn(CC(=O)c2cc(C(C)(C)C)c(O)c(C(C)(C)C)c2)/c1=N/C(=O)OCOC(=O)C(C)(C)C. The Hall–Kier alpha value is -3.36. The molecule has 9 nitrogen and oxygen atoms in total. The van der Waals surface area contributed by atoms with Gasteiger partial charge in [0, 0.05) is 35.6 Å². The van der Waals surface area contributed by atoms with Crippen molar-refractivity contribution in [1.29, 1.82) is 0 Å². The van der Waals surface area contributed by atoms with Gasteiger partial charge in [-0.25, -0.2) is 4.79 Å². The lowest BCUT2D eigenvalue weighted by Gasteiger charge is -2.28. The minimum Gasteiger partial charge on any atom is -0.507 e. The van der Waals surface area contributed by atoms with Crippen LogP contribution in [-0.4, -0.2) is 38.9 Å². The summed E-state index contributed by atoms with van der Waals surface area (Å²) < 4.78 is 13.6. The number of carbonyl (C=O) groups is 3. The molecular formula is C33H51N3O6. The first kappa shape index (κ1) is 34.8. The summed E-state index contributed by atoms with van der Waals surface area (Å²) in [6, 6.07) is 3.51. The van der Waals surface area contributed by atoms with E-state index in [1.165, 1.54) is 0 Å². The van der Waals surface area contributed by atoms with E-state index in [9.17, 15) is 19.5 Å². The Morgan fingerprint density at radius 3 is 1.86 bits per heavy atom. The highest BCUT2D eigenvalue weighted by atomic mass is 16.7. The van der Waals surface area contributed by atoms with Crippen LogP contribution in [0, 0.1) is 11.3 Å². The standard InChI is InChI=1S/C33H51N3O6/c1-12-22(13-2)14-15-35-16-17-36(29(35)34-30(40)42-21-41-28(39)33(9,10)11)20-26(37)23-18-24(31(3,4)5)27(38)25(19-23)32(6,7)8/h16-19,22,38H,12-15,20-21H2,1-11H3/b34-29+. The molecule has 0 bridgehead atoms. The number of rotatable bonds is 10. The summed E-state index contributed by atoms with van der Waals surface area (Å²) in [5, 5.41) is 11.1. The second kappa shape index (κ2) is 13.7. The van der Waals surface area contributed by atoms with E-state index in [-0.39, 0.29) is 34.5 Å². The molecule has 1 aromatic heterocycles. The minimum atomic E-state index is -0.921. The number of imidazole rings is 1. The molecule has 0 aliphatic carbocycles. The highest BCUT2D eigenvalue weighted by molar-refractivity contribution is 5.96. The minimum absolute atomic E-state index is 0.0684. The summed E-state index contributed by atoms with van der Waals surface area (Å²) in [6.45, 7) is 21.4. The molecule has 0 fully saturated rings. The number of phenolic OH excluding ortho intramolecular Hbond substituents is 1. The van der Waals surface area contributed by atoms with Crippen molar-refractivity contribution in [3.8, 4) is 5.75 Å². The number of esters is 1. The van der Waals surface area contributed by atoms with E-state index < -0.39 is 24.3 Å². The van der Waals surface area contributed by atoms with Gasteiger partial charge in [0.2, 0.25) is 12.4 Å². The second-order valence-electron chi connectivity index (χ2n) is 14.1. The Morgan fingerprint density at radius 2 is 1.38 bits per heavy atom. The van der Waals surface area contributed by atoms with E-state index in [2.05, 4.69) is 18.8 Å². The first-order chi connectivity index (χ1) is 19.3. The van der Waals surface area contributed by atoms with E-state index in [4.69, 9.17) is 9.47 Å². The van der Waals surface area contributed by atoms with Crippen molar-refractivity contribution in [3.63, 3.8) is 0 Å². The van der Waals surface area contributed by atoms with Crippen LogP contribution in [-0.2, 0) is 38.2 Å². The molecule has 2 rings (SSSR count). The number of carbonyl (C=O) groups excluding carboxylic acids is 3. The Balaban J connectivity index is 2.47. The molecule has 9 heteroatoms. The molecular weight excluding hydrogens is 534 g/mol. The monoisotopic (exact) mass is 585 g/mol. The Labute approximate surface area is 250 Å². The number of ether oxygens (including phenoxy) is 2. The Kier molecular flexibility index (Phi) is 11.4. The molecule has 42 heavy (non-hydrogen) atoms. The Morgan fingerprint density at radius 1 is 0.857 bits per heavy atom. The third-order valence-corrected chi connectivity index (χ3v) is 7.41. The molecule has 234 valence electrons. The lowest BCUT2D eigenvalue weighted by atomic mass is 9.78. The summed E-state index contributed by atoms with van der Waals surface area (Å²) >= 11 is 0. The predicted octanol–water partition coefficient (Wildman–Crippen LogP) is 6.88. The van der Waals surface area contributed by atoms with Crippen molar-refractivity contribution >= 4 is 17.8 Å². The molecule has 1 N–H and O–H groups in total. The number of aromatic hydroxyl groups is 1. The summed E-state index contributed by atoms with van der Waals surface area (Å²) in [5.41, 5.74) is 0.646. The number of amides is 1. The van der Waals surface area contributed by atoms with E-state index in [0.29, 0.717) is 29.2 Å². The maximum Gasteiger partial charge on any atom is 0.439 e. The van der Waals surface area contributed by atoms with Gasteiger partial charge in [-0.05, 0) is 56.1 Å². The fourth-order valence-corrected chi connectivity index (χ4v) is 4.55. The number of nitrogens with zero attached hydrogens (tertiary/aromatic N) is 3. The molecule has 0 radical (unpaired) electrons. The van der Waals surface area contributed by atoms with E-state index in [0.717, 1.165) is 19.3 Å². The van der Waals surface area contributed by atoms with E-state index in [1.54, 1.807) is 49.9 Å². The molecule has 0 aliphatic rings. The van der Waals surface area contributed by atoms with E-state index >= 15 is 0 Å². The first-order valence-corrected chi connectivity index (χ1v) is 14.8. The van der Waals surface area contributed by atoms with Crippen LogP contribution in [0.25, 0.3) is 0 Å². The molecule has 0 saturated heterocycles. The van der Waals surface area contributed by atoms with Gasteiger partial charge in [-0.1, -0.05) is 68.2 Å². The number of hydrogen-bond donors (Lipinski definition) is 1. The van der Waals surface area contributed by atoms with Crippen LogP contribution in [0.1, 0.15) is 117 Å². The maximum absolute atomic E-state index is 13.7. The van der Waals surface area contributed by atoms with Crippen LogP contribution in [0.3, 0.4) is 0 Å². The number of ketones is 1. The average Bonchev–Trinajstić information content (AvgIpc) is 3.23. The first-order valence-electron chi connectivity index (χ1n) is 14.8. The smallest absolute Gasteiger partial charge is 0.439 e. The molecule has 1 aromatic carbocycles. The van der Waals surface area contributed by atoms with Gasteiger partial charge in [0.15, 0.2) is 5.78 Å². The fourth-order valence-electron chi connectivity index (χ4n) is 4.55. The molecule has 1 amide bonds. The number of Topliss-reactive ketones (excluding diaryl/α,β-unsaturated/α-hetero) is 1. The second-order valence-corrected chi connectivity index (χ2v) is 14.1. The molecule has 0 aliphatic heterocycles. The predicted molar refractivity (Wildman–Crippen MR) is 163 cm³/mol. The van der Waals surface area contributed by atoms with Gasteiger partial charge in [-0.3, -0.25) is 9.59 Å². The van der Waals surface area contributed by atoms with Crippen LogP contribution < -0.4 is 5.62 Å². The molecule has 0 saturated carbocycles. The normalized spacial score (nSPS) is 13.0. The zero-order chi connectivity index (χ0) is 32.0. The van der Waals surface area contributed by atoms with Crippen LogP contribution in [0.5, 0.6) is 5.75 Å². The fraction of sp³-hybridized carbons (Fsp3) is 0.636. The van der Waals surface area contributed by atoms with E-state index in [1.807, 2.05) is 46.1 Å². The number of aromatic nitrogens is 2. The molecule has 0 atom stereocenters. The van der Waals surface area contributed by atoms with Gasteiger partial charge in [0.25, 0.3) is 0 Å². The van der Waals surface area contributed by atoms with Crippen LogP contribution in [0.15, 0.2) is 29.5 Å². The van der Waals surface area contributed by atoms with Crippen molar-refractivity contribution in [1.82, 2.24) is 9.13 Å². The largest absolute Gasteiger partial charge is 0.507 e. The highest BCUT2D eigenvalue weighted by Crippen LogP contribution is 2.40. The third-order valence-electron chi connectivity index (χ3n) is 7.41. The van der Waals surface area contributed by atoms with Crippen LogP contribution in [0.4, 0.5) is 4.79 Å². The summed E-state index contributed by atoms with van der Waals surface area (Å²) in [5.74, 6) is 0.0420. The zero-order valence-corrected chi connectivity index (χ0v) is 27.5. The van der Waals surface area contributed by atoms with Crippen molar-refractivity contribution in [2.24, 2.45) is 16.3 Å².